The van der Waals surface area contributed by atoms with Crippen LogP contribution in [0, 0.1) is 0 Å². The number of hydrogen-bond donors (Lipinski definition) is 2. The minimum Gasteiger partial charge on any atom is -0.512 e. The van der Waals surface area contributed by atoms with Crippen LogP contribution in [0.5, 0.6) is 0 Å². The second-order valence-electron chi connectivity index (χ2n) is 2.43. The fourth-order valence-electron chi connectivity index (χ4n) is 0.771. The van der Waals surface area contributed by atoms with E-state index in [0.29, 0.717) is 16.4 Å². The second-order valence-corrected chi connectivity index (χ2v) is 3.66. The van der Waals surface area contributed by atoms with Crippen LogP contribution in [0.2, 0.25) is 0 Å². The first-order valence-electron chi connectivity index (χ1n) is 3.79. The number of unbranched alkanes of at least 4 members (excludes halogenated alkanes) is 2. The van der Waals surface area contributed by atoms with E-state index in [0.717, 1.165) is 12.8 Å². The number of allylic oxidation sites excluding steroid dienone is 1. The van der Waals surface area contributed by atoms with E-state index in [1.54, 1.807) is 0 Å². The molecule has 0 aromatic heterocycles. The monoisotopic (exact) mass is 190 g/mol. The molecule has 0 aliphatic heterocycles. The molecule has 0 saturated heterocycles. The average molecular weight is 190 g/mol. The predicted molar refractivity (Wildman–Crippen MR) is 56.4 cm³/mol. The van der Waals surface area contributed by atoms with E-state index in [2.05, 4.69) is 31.8 Å². The Hall–Kier alpha value is -0.0200. The lowest BCUT2D eigenvalue weighted by atomic mass is 10.2. The van der Waals surface area contributed by atoms with E-state index in [-0.39, 0.29) is 0 Å². The van der Waals surface area contributed by atoms with E-state index in [1.165, 1.54) is 12.5 Å². The average Bonchev–Trinajstić information content (AvgIpc) is 1.86. The minimum atomic E-state index is 0.346. The van der Waals surface area contributed by atoms with Crippen LogP contribution >= 0.6 is 24.8 Å². The van der Waals surface area contributed by atoms with Crippen LogP contribution < -0.4 is 0 Å². The van der Waals surface area contributed by atoms with Crippen LogP contribution in [-0.4, -0.2) is 9.30 Å². The normalized spacial score (nSPS) is 11.6. The summed E-state index contributed by atoms with van der Waals surface area (Å²) in [6, 6.07) is 0. The van der Waals surface area contributed by atoms with Crippen LogP contribution in [0.25, 0.3) is 0 Å². The SMILES string of the molecule is CCCCCC(O)=CC(=S)S. The van der Waals surface area contributed by atoms with E-state index in [4.69, 9.17) is 0 Å². The highest BCUT2D eigenvalue weighted by Crippen LogP contribution is 2.06. The lowest BCUT2D eigenvalue weighted by molar-refractivity contribution is 0.382. The molecule has 0 aliphatic rings. The van der Waals surface area contributed by atoms with Gasteiger partial charge < -0.3 is 5.11 Å². The maximum atomic E-state index is 9.17. The highest BCUT2D eigenvalue weighted by atomic mass is 32.1. The van der Waals surface area contributed by atoms with Crippen molar-refractivity contribution in [3.8, 4) is 0 Å². The van der Waals surface area contributed by atoms with Gasteiger partial charge in [-0.15, -0.1) is 12.6 Å². The molecule has 0 fully saturated rings. The number of aliphatic hydroxyl groups excluding tert-OH is 1. The molecule has 0 atom stereocenters. The van der Waals surface area contributed by atoms with Crippen molar-refractivity contribution in [2.75, 3.05) is 0 Å². The molecule has 1 nitrogen and oxygen atoms in total. The summed E-state index contributed by atoms with van der Waals surface area (Å²) in [6.45, 7) is 2.13. The van der Waals surface area contributed by atoms with Gasteiger partial charge in [-0.1, -0.05) is 32.0 Å². The van der Waals surface area contributed by atoms with Crippen molar-refractivity contribution in [3.63, 3.8) is 0 Å². The molecule has 0 aliphatic carbocycles. The number of rotatable bonds is 5. The van der Waals surface area contributed by atoms with Crippen molar-refractivity contribution < 1.29 is 5.11 Å². The van der Waals surface area contributed by atoms with Gasteiger partial charge in [-0.25, -0.2) is 0 Å². The van der Waals surface area contributed by atoms with Crippen LogP contribution in [0.4, 0.5) is 0 Å². The van der Waals surface area contributed by atoms with Gasteiger partial charge in [0.2, 0.25) is 0 Å². The Kier molecular flexibility index (Phi) is 6.66. The Morgan fingerprint density at radius 3 is 2.64 bits per heavy atom. The first kappa shape index (κ1) is 11.0. The summed E-state index contributed by atoms with van der Waals surface area (Å²) >= 11 is 8.56. The molecule has 0 bridgehead atoms. The zero-order chi connectivity index (χ0) is 8.69. The molecule has 0 rings (SSSR count). The topological polar surface area (TPSA) is 20.2 Å². The van der Waals surface area contributed by atoms with Gasteiger partial charge in [-0.2, -0.15) is 0 Å². The Balaban J connectivity index is 3.51. The number of thiocarbonyl (C=S) groups is 1. The quantitative estimate of drug-likeness (QED) is 0.228. The highest BCUT2D eigenvalue weighted by Gasteiger charge is 1.93. The van der Waals surface area contributed by atoms with Gasteiger partial charge in [0.15, 0.2) is 0 Å². The smallest absolute Gasteiger partial charge is 0.0942 e. The van der Waals surface area contributed by atoms with Gasteiger partial charge in [0.25, 0.3) is 0 Å². The van der Waals surface area contributed by atoms with E-state index in [1.807, 2.05) is 0 Å². The minimum absolute atomic E-state index is 0.346. The molecule has 0 aromatic rings. The first-order chi connectivity index (χ1) is 5.16. The van der Waals surface area contributed by atoms with Crippen molar-refractivity contribution in [3.05, 3.63) is 11.8 Å². The summed E-state index contributed by atoms with van der Waals surface area (Å²) < 4.78 is 0.444. The molecular formula is C8H14OS2. The Labute approximate surface area is 78.9 Å². The van der Waals surface area contributed by atoms with Gasteiger partial charge in [0, 0.05) is 6.42 Å². The molecule has 0 aromatic carbocycles. The Bertz CT molecular complexity index is 152. The fraction of sp³-hybridized carbons (Fsp3) is 0.625. The summed E-state index contributed by atoms with van der Waals surface area (Å²) in [4.78, 5) is 0. The third-order valence-corrected chi connectivity index (χ3v) is 1.57. The molecule has 0 amide bonds. The van der Waals surface area contributed by atoms with Gasteiger partial charge in [-0.05, 0) is 12.5 Å². The Morgan fingerprint density at radius 1 is 1.55 bits per heavy atom. The summed E-state index contributed by atoms with van der Waals surface area (Å²) in [5.74, 6) is 0.346. The van der Waals surface area contributed by atoms with E-state index < -0.39 is 0 Å². The van der Waals surface area contributed by atoms with Crippen molar-refractivity contribution in [1.82, 2.24) is 0 Å². The molecule has 11 heavy (non-hydrogen) atoms. The third-order valence-electron chi connectivity index (χ3n) is 1.33. The summed E-state index contributed by atoms with van der Waals surface area (Å²) in [5.41, 5.74) is 0. The predicted octanol–water partition coefficient (Wildman–Crippen LogP) is 3.27. The molecular weight excluding hydrogens is 176 g/mol. The van der Waals surface area contributed by atoms with Gasteiger partial charge in [0.05, 0.1) is 9.96 Å². The molecule has 0 unspecified atom stereocenters. The molecule has 0 radical (unpaired) electrons. The van der Waals surface area contributed by atoms with E-state index >= 15 is 0 Å². The zero-order valence-electron chi connectivity index (χ0n) is 6.71. The van der Waals surface area contributed by atoms with Crippen LogP contribution in [0.15, 0.2) is 11.8 Å². The molecule has 0 heterocycles. The summed E-state index contributed by atoms with van der Waals surface area (Å²) in [6.07, 6.45) is 5.58. The maximum absolute atomic E-state index is 9.17. The number of aliphatic hydroxyl groups is 1. The lowest BCUT2D eigenvalue weighted by Gasteiger charge is -1.97. The molecule has 0 saturated carbocycles. The zero-order valence-corrected chi connectivity index (χ0v) is 8.42. The second kappa shape index (κ2) is 6.68. The summed E-state index contributed by atoms with van der Waals surface area (Å²) in [5, 5.41) is 9.17. The highest BCUT2D eigenvalue weighted by molar-refractivity contribution is 8.11. The van der Waals surface area contributed by atoms with Crippen LogP contribution in [-0.2, 0) is 0 Å². The molecule has 1 N–H and O–H groups in total. The van der Waals surface area contributed by atoms with Crippen LogP contribution in [0.3, 0.4) is 0 Å². The summed E-state index contributed by atoms with van der Waals surface area (Å²) in [7, 11) is 0. The van der Waals surface area contributed by atoms with Crippen molar-refractivity contribution in [2.45, 2.75) is 32.6 Å². The van der Waals surface area contributed by atoms with Gasteiger partial charge in [-0.3, -0.25) is 0 Å². The van der Waals surface area contributed by atoms with Gasteiger partial charge in [0.1, 0.15) is 0 Å². The molecule has 64 valence electrons. The van der Waals surface area contributed by atoms with Crippen molar-refractivity contribution in [2.24, 2.45) is 0 Å². The number of hydrogen-bond acceptors (Lipinski definition) is 2. The largest absolute Gasteiger partial charge is 0.512 e. The van der Waals surface area contributed by atoms with Crippen molar-refractivity contribution >= 4 is 29.0 Å². The van der Waals surface area contributed by atoms with Crippen LogP contribution in [0.1, 0.15) is 32.6 Å². The number of thiol groups is 1. The Morgan fingerprint density at radius 2 is 2.18 bits per heavy atom. The third kappa shape index (κ3) is 7.88. The van der Waals surface area contributed by atoms with E-state index in [9.17, 15) is 5.11 Å². The fourth-order valence-corrected chi connectivity index (χ4v) is 1.06. The lowest BCUT2D eigenvalue weighted by Crippen LogP contribution is -1.85. The standard InChI is InChI=1S/C8H14OS2/c1-2-3-4-5-7(9)6-8(10)11/h6,9H,2-5H2,1H3,(H,10,11). The molecule has 3 heteroatoms. The molecule has 0 spiro atoms. The van der Waals surface area contributed by atoms with Gasteiger partial charge >= 0.3 is 0 Å². The van der Waals surface area contributed by atoms with Crippen molar-refractivity contribution in [1.29, 1.82) is 0 Å². The maximum Gasteiger partial charge on any atom is 0.0942 e. The first-order valence-corrected chi connectivity index (χ1v) is 4.64.